The molecular formula is C17H20N6O3. The molecule has 1 fully saturated rings. The summed E-state index contributed by atoms with van der Waals surface area (Å²) in [6.45, 7) is 1.30. The van der Waals surface area contributed by atoms with Crippen LogP contribution in [0.4, 0.5) is 11.6 Å². The molecule has 4 rings (SSSR count). The molecule has 136 valence electrons. The van der Waals surface area contributed by atoms with Gasteiger partial charge in [0.05, 0.1) is 13.3 Å². The maximum absolute atomic E-state index is 12.7. The molecule has 1 saturated heterocycles. The van der Waals surface area contributed by atoms with Gasteiger partial charge in [0.25, 0.3) is 0 Å². The number of nitrogens with one attached hydrogen (secondary N) is 1. The molecule has 3 aromatic heterocycles. The molecule has 9 heteroatoms. The van der Waals surface area contributed by atoms with Crippen LogP contribution in [-0.2, 0) is 11.8 Å². The minimum Gasteiger partial charge on any atom is -0.480 e. The second-order valence-electron chi connectivity index (χ2n) is 6.14. The third-order valence-electron chi connectivity index (χ3n) is 4.60. The van der Waals surface area contributed by atoms with Crippen LogP contribution < -0.4 is 15.7 Å². The Bertz CT molecular complexity index is 990. The number of nitrogens with zero attached hydrogens (tertiary/aromatic N) is 5. The van der Waals surface area contributed by atoms with Gasteiger partial charge in [0.1, 0.15) is 11.2 Å². The summed E-state index contributed by atoms with van der Waals surface area (Å²) in [5, 5.41) is 3.12. The van der Waals surface area contributed by atoms with E-state index < -0.39 is 0 Å². The lowest BCUT2D eigenvalue weighted by atomic mass is 10.1. The third-order valence-corrected chi connectivity index (χ3v) is 4.60. The molecule has 1 N–H and O–H groups in total. The number of fused-ring (bicyclic) bond motifs is 1. The Hall–Kier alpha value is -2.94. The van der Waals surface area contributed by atoms with Gasteiger partial charge in [-0.3, -0.25) is 9.13 Å². The number of anilines is 2. The average molecular weight is 356 g/mol. The molecule has 0 aromatic carbocycles. The first-order valence-corrected chi connectivity index (χ1v) is 8.47. The Balaban J connectivity index is 1.77. The van der Waals surface area contributed by atoms with Gasteiger partial charge in [0, 0.05) is 32.5 Å². The monoisotopic (exact) mass is 356 g/mol. The highest BCUT2D eigenvalue weighted by Crippen LogP contribution is 2.26. The Morgan fingerprint density at radius 2 is 2.12 bits per heavy atom. The molecular weight excluding hydrogens is 336 g/mol. The lowest BCUT2D eigenvalue weighted by molar-refractivity contribution is 0.0695. The molecule has 0 radical (unpaired) electrons. The van der Waals surface area contributed by atoms with Crippen molar-refractivity contribution in [1.82, 2.24) is 24.1 Å². The van der Waals surface area contributed by atoms with E-state index in [9.17, 15) is 4.79 Å². The fourth-order valence-electron chi connectivity index (χ4n) is 3.24. The molecule has 0 aliphatic carbocycles. The number of aromatic nitrogens is 5. The van der Waals surface area contributed by atoms with Crippen LogP contribution >= 0.6 is 0 Å². The average Bonchev–Trinajstić information content (AvgIpc) is 2.93. The Morgan fingerprint density at radius 3 is 2.88 bits per heavy atom. The molecule has 1 aliphatic heterocycles. The molecule has 1 aliphatic rings. The van der Waals surface area contributed by atoms with Crippen LogP contribution in [0.3, 0.4) is 0 Å². The number of rotatable bonds is 4. The SMILES string of the molecule is COc1ncccc1Nc1ncc2c(n1)n(C1CCOCC1)c(=O)n2C. The second-order valence-corrected chi connectivity index (χ2v) is 6.14. The number of hydrogen-bond acceptors (Lipinski definition) is 7. The molecule has 9 nitrogen and oxygen atoms in total. The Labute approximate surface area is 149 Å². The second kappa shape index (κ2) is 6.75. The first kappa shape index (κ1) is 16.5. The third kappa shape index (κ3) is 2.80. The lowest BCUT2D eigenvalue weighted by Crippen LogP contribution is -2.30. The molecule has 0 unspecified atom stereocenters. The summed E-state index contributed by atoms with van der Waals surface area (Å²) in [7, 11) is 3.29. The van der Waals surface area contributed by atoms with Gasteiger partial charge < -0.3 is 14.8 Å². The number of aryl methyl sites for hydroxylation is 1. The van der Waals surface area contributed by atoms with E-state index in [0.717, 1.165) is 12.8 Å². The molecule has 4 heterocycles. The molecule has 3 aromatic rings. The van der Waals surface area contributed by atoms with Crippen molar-refractivity contribution in [2.45, 2.75) is 18.9 Å². The van der Waals surface area contributed by atoms with Gasteiger partial charge in [-0.25, -0.2) is 14.8 Å². The zero-order chi connectivity index (χ0) is 18.1. The van der Waals surface area contributed by atoms with Crippen LogP contribution in [-0.4, -0.2) is 44.4 Å². The fraction of sp³-hybridized carbons (Fsp3) is 0.412. The Kier molecular flexibility index (Phi) is 4.29. The number of pyridine rings is 1. The standard InChI is InChI=1S/C17H20N6O3/c1-22-13-10-19-16(20-12-4-3-7-18-15(12)25-2)21-14(13)23(17(22)24)11-5-8-26-9-6-11/h3-4,7,10-11H,5-6,8-9H2,1-2H3,(H,19,20,21). The highest BCUT2D eigenvalue weighted by molar-refractivity contribution is 5.73. The number of hydrogen-bond donors (Lipinski definition) is 1. The minimum absolute atomic E-state index is 0.0793. The number of ether oxygens (including phenoxy) is 2. The van der Waals surface area contributed by atoms with Crippen molar-refractivity contribution < 1.29 is 9.47 Å². The van der Waals surface area contributed by atoms with Crippen molar-refractivity contribution >= 4 is 22.8 Å². The van der Waals surface area contributed by atoms with Crippen LogP contribution in [0.25, 0.3) is 11.2 Å². The highest BCUT2D eigenvalue weighted by Gasteiger charge is 2.23. The summed E-state index contributed by atoms with van der Waals surface area (Å²) >= 11 is 0. The van der Waals surface area contributed by atoms with Crippen molar-refractivity contribution in [3.63, 3.8) is 0 Å². The first-order chi connectivity index (χ1) is 12.7. The summed E-state index contributed by atoms with van der Waals surface area (Å²) in [6.07, 6.45) is 4.89. The molecule has 0 amide bonds. The van der Waals surface area contributed by atoms with Crippen molar-refractivity contribution in [2.75, 3.05) is 25.6 Å². The van der Waals surface area contributed by atoms with Crippen molar-refractivity contribution in [3.05, 3.63) is 35.0 Å². The number of imidazole rings is 1. The maximum atomic E-state index is 12.7. The lowest BCUT2D eigenvalue weighted by Gasteiger charge is -2.22. The highest BCUT2D eigenvalue weighted by atomic mass is 16.5. The summed E-state index contributed by atoms with van der Waals surface area (Å²) in [6, 6.07) is 3.70. The van der Waals surface area contributed by atoms with Gasteiger partial charge in [-0.2, -0.15) is 4.98 Å². The molecule has 0 saturated carbocycles. The zero-order valence-electron chi connectivity index (χ0n) is 14.7. The predicted octanol–water partition coefficient (Wildman–Crippen LogP) is 1.63. The van der Waals surface area contributed by atoms with E-state index in [0.29, 0.717) is 41.9 Å². The van der Waals surface area contributed by atoms with Gasteiger partial charge in [0.15, 0.2) is 5.65 Å². The van der Waals surface area contributed by atoms with Crippen LogP contribution in [0.5, 0.6) is 5.88 Å². The summed E-state index contributed by atoms with van der Waals surface area (Å²) in [5.41, 5.74) is 1.89. The van der Waals surface area contributed by atoms with E-state index in [-0.39, 0.29) is 11.7 Å². The zero-order valence-corrected chi connectivity index (χ0v) is 14.7. The predicted molar refractivity (Wildman–Crippen MR) is 95.9 cm³/mol. The van der Waals surface area contributed by atoms with Gasteiger partial charge >= 0.3 is 5.69 Å². The van der Waals surface area contributed by atoms with Crippen molar-refractivity contribution in [1.29, 1.82) is 0 Å². The molecule has 0 atom stereocenters. The van der Waals surface area contributed by atoms with E-state index in [1.807, 2.05) is 6.07 Å². The van der Waals surface area contributed by atoms with Gasteiger partial charge in [-0.15, -0.1) is 0 Å². The summed E-state index contributed by atoms with van der Waals surface area (Å²) < 4.78 is 14.0. The Morgan fingerprint density at radius 1 is 1.31 bits per heavy atom. The van der Waals surface area contributed by atoms with Crippen LogP contribution in [0, 0.1) is 0 Å². The topological polar surface area (TPSA) is 96.1 Å². The van der Waals surface area contributed by atoms with E-state index in [1.165, 1.54) is 0 Å². The summed E-state index contributed by atoms with van der Waals surface area (Å²) in [5.74, 6) is 0.835. The van der Waals surface area contributed by atoms with Gasteiger partial charge in [0.2, 0.25) is 11.8 Å². The quantitative estimate of drug-likeness (QED) is 0.759. The van der Waals surface area contributed by atoms with Crippen LogP contribution in [0.2, 0.25) is 0 Å². The largest absolute Gasteiger partial charge is 0.480 e. The van der Waals surface area contributed by atoms with Gasteiger partial charge in [-0.05, 0) is 25.0 Å². The van der Waals surface area contributed by atoms with Crippen molar-refractivity contribution in [2.24, 2.45) is 7.05 Å². The van der Waals surface area contributed by atoms with Gasteiger partial charge in [-0.1, -0.05) is 0 Å². The van der Waals surface area contributed by atoms with E-state index in [2.05, 4.69) is 20.3 Å². The smallest absolute Gasteiger partial charge is 0.330 e. The number of methoxy groups -OCH3 is 1. The molecule has 26 heavy (non-hydrogen) atoms. The molecule has 0 spiro atoms. The minimum atomic E-state index is -0.0858. The van der Waals surface area contributed by atoms with Crippen molar-refractivity contribution in [3.8, 4) is 5.88 Å². The van der Waals surface area contributed by atoms with E-state index >= 15 is 0 Å². The normalized spacial score (nSPS) is 15.3. The van der Waals surface area contributed by atoms with E-state index in [4.69, 9.17) is 9.47 Å². The summed E-state index contributed by atoms with van der Waals surface area (Å²) in [4.78, 5) is 25.8. The molecule has 0 bridgehead atoms. The van der Waals surface area contributed by atoms with E-state index in [1.54, 1.807) is 41.8 Å². The first-order valence-electron chi connectivity index (χ1n) is 8.47. The van der Waals surface area contributed by atoms with Crippen LogP contribution in [0.15, 0.2) is 29.3 Å². The maximum Gasteiger partial charge on any atom is 0.330 e. The fourth-order valence-corrected chi connectivity index (χ4v) is 3.24. The van der Waals surface area contributed by atoms with Crippen LogP contribution in [0.1, 0.15) is 18.9 Å².